The van der Waals surface area contributed by atoms with Gasteiger partial charge in [0.2, 0.25) is 5.89 Å². The van der Waals surface area contributed by atoms with Crippen molar-refractivity contribution in [2.75, 3.05) is 19.3 Å². The molecule has 2 aromatic rings. The normalized spacial score (nSPS) is 17.9. The highest BCUT2D eigenvalue weighted by atomic mass is 32.2. The maximum atomic E-state index is 10.5. The van der Waals surface area contributed by atoms with Crippen LogP contribution in [-0.2, 0) is 18.7 Å². The Bertz CT molecular complexity index is 612. The van der Waals surface area contributed by atoms with Gasteiger partial charge in [-0.05, 0) is 50.1 Å². The molecule has 1 aliphatic heterocycles. The lowest BCUT2D eigenvalue weighted by molar-refractivity contribution is 0.0547. The molecule has 1 aliphatic rings. The van der Waals surface area contributed by atoms with Gasteiger partial charge in [0, 0.05) is 0 Å². The number of likely N-dealkylation sites (tertiary alicyclic amines) is 1. The van der Waals surface area contributed by atoms with Crippen LogP contribution in [0.5, 0.6) is 0 Å². The Hall–Kier alpha value is -1.37. The van der Waals surface area contributed by atoms with Crippen molar-refractivity contribution in [1.82, 2.24) is 15.0 Å². The third-order valence-corrected chi connectivity index (χ3v) is 5.15. The first kappa shape index (κ1) is 17.5. The van der Waals surface area contributed by atoms with Gasteiger partial charge < -0.3 is 9.63 Å². The summed E-state index contributed by atoms with van der Waals surface area (Å²) in [6.45, 7) is 2.65. The predicted octanol–water partition coefficient (Wildman–Crippen LogP) is 2.75. The number of benzene rings is 1. The second-order valence-electron chi connectivity index (χ2n) is 6.41. The lowest BCUT2D eigenvalue weighted by atomic mass is 9.88. The third kappa shape index (κ3) is 4.82. The summed E-state index contributed by atoms with van der Waals surface area (Å²) in [5, 5.41) is 14.5. The van der Waals surface area contributed by atoms with Crippen LogP contribution in [0.3, 0.4) is 0 Å². The summed E-state index contributed by atoms with van der Waals surface area (Å²) < 4.78 is 5.31. The Morgan fingerprint density at radius 2 is 2.04 bits per heavy atom. The first-order chi connectivity index (χ1) is 11.7. The quantitative estimate of drug-likeness (QED) is 0.831. The molecule has 2 heterocycles. The number of piperidine rings is 1. The molecule has 1 atom stereocenters. The molecule has 0 bridgehead atoms. The van der Waals surface area contributed by atoms with Crippen LogP contribution < -0.4 is 0 Å². The van der Waals surface area contributed by atoms with E-state index >= 15 is 0 Å². The van der Waals surface area contributed by atoms with Crippen LogP contribution in [0.2, 0.25) is 0 Å². The van der Waals surface area contributed by atoms with Gasteiger partial charge >= 0.3 is 0 Å². The zero-order valence-corrected chi connectivity index (χ0v) is 14.9. The van der Waals surface area contributed by atoms with Crippen LogP contribution in [0.25, 0.3) is 0 Å². The van der Waals surface area contributed by atoms with Gasteiger partial charge in [-0.15, -0.1) is 0 Å². The summed E-state index contributed by atoms with van der Waals surface area (Å²) in [6, 6.07) is 10.2. The number of aliphatic hydroxyl groups excluding tert-OH is 1. The summed E-state index contributed by atoms with van der Waals surface area (Å²) in [4.78, 5) is 6.75. The Morgan fingerprint density at radius 3 is 2.75 bits per heavy atom. The predicted molar refractivity (Wildman–Crippen MR) is 95.7 cm³/mol. The lowest BCUT2D eigenvalue weighted by Crippen LogP contribution is -2.38. The molecule has 1 aromatic heterocycles. The summed E-state index contributed by atoms with van der Waals surface area (Å²) in [5.74, 6) is 2.63. The molecule has 0 amide bonds. The van der Waals surface area contributed by atoms with Crippen molar-refractivity contribution in [3.63, 3.8) is 0 Å². The fourth-order valence-corrected chi connectivity index (χ4v) is 3.63. The van der Waals surface area contributed by atoms with Gasteiger partial charge in [0.05, 0.1) is 18.4 Å². The maximum Gasteiger partial charge on any atom is 0.240 e. The topological polar surface area (TPSA) is 62.4 Å². The van der Waals surface area contributed by atoms with Crippen LogP contribution in [0.15, 0.2) is 34.9 Å². The number of rotatable bonds is 7. The van der Waals surface area contributed by atoms with Gasteiger partial charge in [-0.25, -0.2) is 0 Å². The number of hydrogen-bond acceptors (Lipinski definition) is 6. The molecule has 1 fully saturated rings. The van der Waals surface area contributed by atoms with E-state index < -0.39 is 0 Å². The van der Waals surface area contributed by atoms with E-state index in [1.807, 2.05) is 24.5 Å². The number of nitrogens with zero attached hydrogens (tertiary/aromatic N) is 3. The molecule has 6 heteroatoms. The second kappa shape index (κ2) is 8.65. The zero-order valence-electron chi connectivity index (χ0n) is 14.1. The Labute approximate surface area is 147 Å². The van der Waals surface area contributed by atoms with E-state index in [2.05, 4.69) is 27.2 Å². The third-order valence-electron chi connectivity index (χ3n) is 4.61. The molecule has 1 N–H and O–H groups in total. The van der Waals surface area contributed by atoms with Gasteiger partial charge in [0.25, 0.3) is 0 Å². The Morgan fingerprint density at radius 1 is 1.29 bits per heavy atom. The van der Waals surface area contributed by atoms with Gasteiger partial charge in [-0.2, -0.15) is 16.7 Å². The summed E-state index contributed by atoms with van der Waals surface area (Å²) >= 11 is 1.69. The van der Waals surface area contributed by atoms with Crippen LogP contribution in [0.1, 0.15) is 30.1 Å². The van der Waals surface area contributed by atoms with E-state index in [-0.39, 0.29) is 6.10 Å². The van der Waals surface area contributed by atoms with Crippen LogP contribution in [-0.4, -0.2) is 45.6 Å². The van der Waals surface area contributed by atoms with Gasteiger partial charge in [-0.1, -0.05) is 35.5 Å². The van der Waals surface area contributed by atoms with E-state index in [0.29, 0.717) is 18.4 Å². The standard InChI is InChI=1S/C18H25N3O2S/c1-24-13-17-19-18(23-20-17)12-21-9-7-15(8-10-21)16(22)11-14-5-3-2-4-6-14/h2-6,15-16,22H,7-13H2,1H3/t16-/m1/s1. The summed E-state index contributed by atoms with van der Waals surface area (Å²) in [7, 11) is 0. The Kier molecular flexibility index (Phi) is 6.29. The van der Waals surface area contributed by atoms with Crippen molar-refractivity contribution in [2.24, 2.45) is 5.92 Å². The van der Waals surface area contributed by atoms with Crippen molar-refractivity contribution in [1.29, 1.82) is 0 Å². The van der Waals surface area contributed by atoms with E-state index in [0.717, 1.165) is 43.9 Å². The number of aromatic nitrogens is 2. The van der Waals surface area contributed by atoms with Crippen molar-refractivity contribution >= 4 is 11.8 Å². The van der Waals surface area contributed by atoms with Crippen LogP contribution >= 0.6 is 11.8 Å². The van der Waals surface area contributed by atoms with Crippen molar-refractivity contribution in [2.45, 2.75) is 37.7 Å². The average Bonchev–Trinajstić information content (AvgIpc) is 3.04. The largest absolute Gasteiger partial charge is 0.392 e. The van der Waals surface area contributed by atoms with E-state index in [9.17, 15) is 5.11 Å². The molecule has 130 valence electrons. The minimum absolute atomic E-state index is 0.258. The number of thioether (sulfide) groups is 1. The number of aliphatic hydroxyl groups is 1. The SMILES string of the molecule is CSCc1noc(CN2CCC([C@H](O)Cc3ccccc3)CC2)n1. The molecule has 0 unspecified atom stereocenters. The van der Waals surface area contributed by atoms with Crippen molar-refractivity contribution in [3.05, 3.63) is 47.6 Å². The molecule has 0 saturated carbocycles. The van der Waals surface area contributed by atoms with E-state index in [1.54, 1.807) is 11.8 Å². The highest BCUT2D eigenvalue weighted by molar-refractivity contribution is 7.97. The molecule has 3 rings (SSSR count). The minimum atomic E-state index is -0.258. The highest BCUT2D eigenvalue weighted by Gasteiger charge is 2.26. The molecule has 1 saturated heterocycles. The van der Waals surface area contributed by atoms with Crippen LogP contribution in [0.4, 0.5) is 0 Å². The monoisotopic (exact) mass is 347 g/mol. The van der Waals surface area contributed by atoms with Gasteiger partial charge in [0.1, 0.15) is 0 Å². The van der Waals surface area contributed by atoms with E-state index in [1.165, 1.54) is 5.56 Å². The lowest BCUT2D eigenvalue weighted by Gasteiger charge is -2.33. The average molecular weight is 347 g/mol. The molecule has 0 aliphatic carbocycles. The highest BCUT2D eigenvalue weighted by Crippen LogP contribution is 2.24. The summed E-state index contributed by atoms with van der Waals surface area (Å²) in [6.07, 6.45) is 4.54. The van der Waals surface area contributed by atoms with Crippen LogP contribution in [0, 0.1) is 5.92 Å². The zero-order chi connectivity index (χ0) is 16.8. The second-order valence-corrected chi connectivity index (χ2v) is 7.27. The van der Waals surface area contributed by atoms with Gasteiger partial charge in [-0.3, -0.25) is 4.90 Å². The first-order valence-electron chi connectivity index (χ1n) is 8.49. The molecule has 24 heavy (non-hydrogen) atoms. The first-order valence-corrected chi connectivity index (χ1v) is 9.88. The molecule has 0 radical (unpaired) electrons. The fraction of sp³-hybridized carbons (Fsp3) is 0.556. The molecule has 0 spiro atoms. The molecule has 1 aromatic carbocycles. The smallest absolute Gasteiger partial charge is 0.240 e. The minimum Gasteiger partial charge on any atom is -0.392 e. The van der Waals surface area contributed by atoms with E-state index in [4.69, 9.17) is 4.52 Å². The molecular weight excluding hydrogens is 322 g/mol. The fourth-order valence-electron chi connectivity index (χ4n) is 3.25. The van der Waals surface area contributed by atoms with Crippen molar-refractivity contribution in [3.8, 4) is 0 Å². The number of hydrogen-bond donors (Lipinski definition) is 1. The maximum absolute atomic E-state index is 10.5. The molecular formula is C18H25N3O2S. The summed E-state index contributed by atoms with van der Waals surface area (Å²) in [5.41, 5.74) is 1.21. The van der Waals surface area contributed by atoms with Gasteiger partial charge in [0.15, 0.2) is 5.82 Å². The van der Waals surface area contributed by atoms with Crippen molar-refractivity contribution < 1.29 is 9.63 Å². The Balaban J connectivity index is 1.44. The molecule has 5 nitrogen and oxygen atoms in total.